The smallest absolute Gasteiger partial charge is 0.270 e. The first-order valence-corrected chi connectivity index (χ1v) is 8.98. The van der Waals surface area contributed by atoms with Crippen LogP contribution in [0.4, 0.5) is 0 Å². The molecule has 136 valence electrons. The maximum absolute atomic E-state index is 12.7. The number of benzene rings is 1. The number of nitrogens with one attached hydrogen (secondary N) is 1. The molecule has 1 aromatic heterocycles. The van der Waals surface area contributed by atoms with Crippen molar-refractivity contribution in [1.82, 2.24) is 9.88 Å². The van der Waals surface area contributed by atoms with Crippen LogP contribution < -0.4 is 10.3 Å². The molecule has 1 aromatic carbocycles. The molecule has 4 rings (SSSR count). The third-order valence-corrected chi connectivity index (χ3v) is 5.05. The predicted octanol–water partition coefficient (Wildman–Crippen LogP) is 2.22. The summed E-state index contributed by atoms with van der Waals surface area (Å²) in [5.41, 5.74) is -0.303. The van der Waals surface area contributed by atoms with E-state index in [9.17, 15) is 9.59 Å². The molecule has 2 atom stereocenters. The minimum Gasteiger partial charge on any atom is -0.488 e. The van der Waals surface area contributed by atoms with E-state index in [-0.39, 0.29) is 23.2 Å². The number of aromatic nitrogens is 1. The van der Waals surface area contributed by atoms with E-state index in [1.54, 1.807) is 17.0 Å². The standard InChI is InChI=1S/C20H22N2O4/c23-18-9-4-8-17(21-18)19(24)22-11-5-10-20(14-22)12-16(13-25-20)26-15-6-2-1-3-7-15/h1-4,6-9,16H,5,10-14H2,(H,21,23)/t16-,20-/m1/s1. The van der Waals surface area contributed by atoms with Crippen molar-refractivity contribution < 1.29 is 14.3 Å². The molecule has 0 radical (unpaired) electrons. The van der Waals surface area contributed by atoms with Gasteiger partial charge in [-0.25, -0.2) is 0 Å². The molecule has 2 aromatic rings. The lowest BCUT2D eigenvalue weighted by Crippen LogP contribution is -2.50. The highest BCUT2D eigenvalue weighted by Gasteiger charge is 2.45. The van der Waals surface area contributed by atoms with Crippen LogP contribution in [0.25, 0.3) is 0 Å². The summed E-state index contributed by atoms with van der Waals surface area (Å²) in [6.07, 6.45) is 2.54. The minimum absolute atomic E-state index is 0.0102. The summed E-state index contributed by atoms with van der Waals surface area (Å²) in [4.78, 5) is 28.6. The fourth-order valence-electron chi connectivity index (χ4n) is 3.87. The van der Waals surface area contributed by atoms with Crippen molar-refractivity contribution in [2.45, 2.75) is 31.0 Å². The first-order chi connectivity index (χ1) is 12.6. The molecule has 0 aliphatic carbocycles. The van der Waals surface area contributed by atoms with Crippen LogP contribution >= 0.6 is 0 Å². The van der Waals surface area contributed by atoms with E-state index in [1.165, 1.54) is 6.07 Å². The molecule has 2 fully saturated rings. The van der Waals surface area contributed by atoms with E-state index in [0.29, 0.717) is 25.4 Å². The molecule has 2 aliphatic heterocycles. The van der Waals surface area contributed by atoms with Crippen molar-refractivity contribution in [2.75, 3.05) is 19.7 Å². The number of aromatic amines is 1. The molecule has 26 heavy (non-hydrogen) atoms. The number of carbonyl (C=O) groups excluding carboxylic acids is 1. The second-order valence-electron chi connectivity index (χ2n) is 7.01. The molecular formula is C20H22N2O4. The number of ether oxygens (including phenoxy) is 2. The van der Waals surface area contributed by atoms with E-state index in [2.05, 4.69) is 4.98 Å². The number of hydrogen-bond acceptors (Lipinski definition) is 4. The molecule has 0 bridgehead atoms. The number of likely N-dealkylation sites (tertiary alicyclic amines) is 1. The normalized spacial score (nSPS) is 25.4. The third-order valence-electron chi connectivity index (χ3n) is 5.05. The molecular weight excluding hydrogens is 332 g/mol. The molecule has 1 amide bonds. The summed E-state index contributed by atoms with van der Waals surface area (Å²) in [5, 5.41) is 0. The summed E-state index contributed by atoms with van der Waals surface area (Å²) in [6.45, 7) is 1.72. The summed E-state index contributed by atoms with van der Waals surface area (Å²) < 4.78 is 12.1. The summed E-state index contributed by atoms with van der Waals surface area (Å²) in [6, 6.07) is 14.4. The van der Waals surface area contributed by atoms with Gasteiger partial charge in [0.1, 0.15) is 17.5 Å². The summed E-state index contributed by atoms with van der Waals surface area (Å²) in [5.74, 6) is 0.682. The highest BCUT2D eigenvalue weighted by Crippen LogP contribution is 2.36. The Bertz CT molecular complexity index is 835. The van der Waals surface area contributed by atoms with Crippen LogP contribution in [-0.2, 0) is 4.74 Å². The third kappa shape index (κ3) is 3.51. The SMILES string of the molecule is O=C(c1cccc(=O)[nH]1)N1CCC[C@@]2(C[C@@H](Oc3ccccc3)CO2)C1. The fourth-order valence-corrected chi connectivity index (χ4v) is 3.87. The Morgan fingerprint density at radius 3 is 2.85 bits per heavy atom. The van der Waals surface area contributed by atoms with Gasteiger partial charge < -0.3 is 19.4 Å². The molecule has 2 saturated heterocycles. The molecule has 2 aliphatic rings. The molecule has 3 heterocycles. The van der Waals surface area contributed by atoms with Crippen LogP contribution in [0.1, 0.15) is 29.8 Å². The van der Waals surface area contributed by atoms with Crippen molar-refractivity contribution in [2.24, 2.45) is 0 Å². The van der Waals surface area contributed by atoms with E-state index in [0.717, 1.165) is 25.0 Å². The Labute approximate surface area is 151 Å². The van der Waals surface area contributed by atoms with Gasteiger partial charge >= 0.3 is 0 Å². The first-order valence-electron chi connectivity index (χ1n) is 8.98. The van der Waals surface area contributed by atoms with Gasteiger partial charge in [-0.3, -0.25) is 9.59 Å². The van der Waals surface area contributed by atoms with Gasteiger partial charge in [0.05, 0.1) is 18.8 Å². The lowest BCUT2D eigenvalue weighted by Gasteiger charge is -2.39. The number of hydrogen-bond donors (Lipinski definition) is 1. The molecule has 0 saturated carbocycles. The lowest BCUT2D eigenvalue weighted by atomic mass is 9.89. The van der Waals surface area contributed by atoms with Crippen LogP contribution in [0.2, 0.25) is 0 Å². The van der Waals surface area contributed by atoms with Crippen LogP contribution in [0, 0.1) is 0 Å². The fraction of sp³-hybridized carbons (Fsp3) is 0.400. The van der Waals surface area contributed by atoms with Crippen LogP contribution in [0.15, 0.2) is 53.3 Å². The highest BCUT2D eigenvalue weighted by atomic mass is 16.6. The van der Waals surface area contributed by atoms with Gasteiger partial charge in [-0.2, -0.15) is 0 Å². The summed E-state index contributed by atoms with van der Waals surface area (Å²) >= 11 is 0. The Kier molecular flexibility index (Phi) is 4.51. The van der Waals surface area contributed by atoms with Crippen LogP contribution in [0.3, 0.4) is 0 Å². The number of pyridine rings is 1. The molecule has 1 spiro atoms. The summed E-state index contributed by atoms with van der Waals surface area (Å²) in [7, 11) is 0. The van der Waals surface area contributed by atoms with E-state index in [1.807, 2.05) is 30.3 Å². The second kappa shape index (κ2) is 6.96. The molecule has 1 N–H and O–H groups in total. The maximum Gasteiger partial charge on any atom is 0.270 e. The quantitative estimate of drug-likeness (QED) is 0.917. The minimum atomic E-state index is -0.359. The zero-order chi connectivity index (χ0) is 18.0. The lowest BCUT2D eigenvalue weighted by molar-refractivity contribution is -0.0454. The Balaban J connectivity index is 1.43. The van der Waals surface area contributed by atoms with E-state index < -0.39 is 0 Å². The van der Waals surface area contributed by atoms with Gasteiger partial charge in [0, 0.05) is 19.0 Å². The molecule has 6 heteroatoms. The van der Waals surface area contributed by atoms with Gasteiger partial charge in [0.2, 0.25) is 5.56 Å². The van der Waals surface area contributed by atoms with Gasteiger partial charge in [-0.05, 0) is 31.0 Å². The molecule has 0 unspecified atom stereocenters. The van der Waals surface area contributed by atoms with Crippen molar-refractivity contribution >= 4 is 5.91 Å². The van der Waals surface area contributed by atoms with E-state index >= 15 is 0 Å². The predicted molar refractivity (Wildman–Crippen MR) is 96.4 cm³/mol. The Morgan fingerprint density at radius 2 is 2.04 bits per heavy atom. The largest absolute Gasteiger partial charge is 0.488 e. The first kappa shape index (κ1) is 16.8. The average Bonchev–Trinajstić information content (AvgIpc) is 3.03. The zero-order valence-corrected chi connectivity index (χ0v) is 14.5. The number of carbonyl (C=O) groups is 1. The van der Waals surface area contributed by atoms with Crippen molar-refractivity contribution in [1.29, 1.82) is 0 Å². The van der Waals surface area contributed by atoms with Gasteiger partial charge in [-0.1, -0.05) is 24.3 Å². The van der Waals surface area contributed by atoms with E-state index in [4.69, 9.17) is 9.47 Å². The number of H-pyrrole nitrogens is 1. The number of rotatable bonds is 3. The van der Waals surface area contributed by atoms with Crippen molar-refractivity contribution in [3.05, 3.63) is 64.6 Å². The maximum atomic E-state index is 12.7. The zero-order valence-electron chi connectivity index (χ0n) is 14.5. The average molecular weight is 354 g/mol. The van der Waals surface area contributed by atoms with Crippen LogP contribution in [-0.4, -0.2) is 47.2 Å². The topological polar surface area (TPSA) is 71.6 Å². The van der Waals surface area contributed by atoms with Gasteiger partial charge in [0.25, 0.3) is 5.91 Å². The number of piperidine rings is 1. The number of nitrogens with zero attached hydrogens (tertiary/aromatic N) is 1. The van der Waals surface area contributed by atoms with Gasteiger partial charge in [-0.15, -0.1) is 0 Å². The molecule has 6 nitrogen and oxygen atoms in total. The number of amides is 1. The Morgan fingerprint density at radius 1 is 1.19 bits per heavy atom. The van der Waals surface area contributed by atoms with Crippen molar-refractivity contribution in [3.63, 3.8) is 0 Å². The second-order valence-corrected chi connectivity index (χ2v) is 7.01. The van der Waals surface area contributed by atoms with Crippen LogP contribution in [0.5, 0.6) is 5.75 Å². The Hall–Kier alpha value is -2.60. The monoisotopic (exact) mass is 354 g/mol. The number of para-hydroxylation sites is 1. The van der Waals surface area contributed by atoms with Crippen molar-refractivity contribution in [3.8, 4) is 5.75 Å². The highest BCUT2D eigenvalue weighted by molar-refractivity contribution is 5.92. The van der Waals surface area contributed by atoms with Gasteiger partial charge in [0.15, 0.2) is 0 Å².